The maximum atomic E-state index is 12.6. The lowest BCUT2D eigenvalue weighted by atomic mass is 10.1. The summed E-state index contributed by atoms with van der Waals surface area (Å²) in [4.78, 5) is 26.9. The van der Waals surface area contributed by atoms with Gasteiger partial charge in [0, 0.05) is 20.1 Å². The Morgan fingerprint density at radius 2 is 1.69 bits per heavy atom. The molecule has 0 aliphatic carbocycles. The first-order valence-corrected chi connectivity index (χ1v) is 8.46. The molecule has 1 aromatic heterocycles. The minimum Gasteiger partial charge on any atom is -0.340 e. The second kappa shape index (κ2) is 7.28. The van der Waals surface area contributed by atoms with E-state index in [-0.39, 0.29) is 18.1 Å². The molecule has 6 nitrogen and oxygen atoms in total. The average molecular weight is 348 g/mol. The second-order valence-electron chi connectivity index (χ2n) is 6.16. The van der Waals surface area contributed by atoms with E-state index in [0.29, 0.717) is 18.7 Å². The molecular weight excluding hydrogens is 328 g/mol. The van der Waals surface area contributed by atoms with Crippen LogP contribution in [0, 0.1) is 11.3 Å². The van der Waals surface area contributed by atoms with Gasteiger partial charge in [0.2, 0.25) is 5.91 Å². The fraction of sp³-hybridized carbons (Fsp3) is 0.250. The molecule has 0 atom stereocenters. The number of nitrogens with zero attached hydrogens (tertiary/aromatic N) is 4. The molecule has 26 heavy (non-hydrogen) atoms. The van der Waals surface area contributed by atoms with Crippen LogP contribution in [-0.4, -0.2) is 27.0 Å². The molecule has 3 rings (SSSR count). The molecule has 2 aromatic carbocycles. The smallest absolute Gasteiger partial charge is 0.329 e. The molecule has 132 valence electrons. The molecule has 0 saturated heterocycles. The van der Waals surface area contributed by atoms with Gasteiger partial charge in [-0.3, -0.25) is 13.9 Å². The van der Waals surface area contributed by atoms with Gasteiger partial charge in [0.1, 0.15) is 6.54 Å². The first-order valence-electron chi connectivity index (χ1n) is 8.46. The molecule has 3 aromatic rings. The van der Waals surface area contributed by atoms with Crippen molar-refractivity contribution in [3.05, 3.63) is 70.1 Å². The quantitative estimate of drug-likeness (QED) is 0.710. The van der Waals surface area contributed by atoms with Crippen molar-refractivity contribution < 1.29 is 4.79 Å². The lowest BCUT2D eigenvalue weighted by Gasteiger charge is -2.17. The maximum absolute atomic E-state index is 12.6. The first kappa shape index (κ1) is 17.5. The summed E-state index contributed by atoms with van der Waals surface area (Å²) in [7, 11) is 1.71. The Labute approximate surface area is 151 Å². The molecule has 1 amide bonds. The van der Waals surface area contributed by atoms with Gasteiger partial charge in [0.05, 0.1) is 22.7 Å². The molecule has 0 saturated carbocycles. The van der Waals surface area contributed by atoms with E-state index in [0.717, 1.165) is 16.6 Å². The molecule has 0 radical (unpaired) electrons. The van der Waals surface area contributed by atoms with E-state index in [1.165, 1.54) is 4.57 Å². The Bertz CT molecular complexity index is 1040. The van der Waals surface area contributed by atoms with Crippen molar-refractivity contribution in [2.24, 2.45) is 0 Å². The lowest BCUT2D eigenvalue weighted by molar-refractivity contribution is -0.131. The van der Waals surface area contributed by atoms with Crippen LogP contribution in [-0.2, 0) is 24.4 Å². The highest BCUT2D eigenvalue weighted by molar-refractivity contribution is 5.80. The van der Waals surface area contributed by atoms with Gasteiger partial charge in [-0.05, 0) is 36.8 Å². The molecule has 0 fully saturated rings. The summed E-state index contributed by atoms with van der Waals surface area (Å²) in [5.74, 6) is -0.143. The third-order valence-corrected chi connectivity index (χ3v) is 4.46. The Kier molecular flexibility index (Phi) is 4.90. The van der Waals surface area contributed by atoms with Crippen LogP contribution in [0.5, 0.6) is 0 Å². The number of hydrogen-bond acceptors (Lipinski definition) is 3. The number of carbonyl (C=O) groups excluding carboxylic acids is 1. The number of fused-ring (bicyclic) bond motifs is 1. The predicted molar refractivity (Wildman–Crippen MR) is 99.5 cm³/mol. The van der Waals surface area contributed by atoms with Gasteiger partial charge in [-0.2, -0.15) is 5.26 Å². The van der Waals surface area contributed by atoms with Gasteiger partial charge < -0.3 is 4.90 Å². The first-order chi connectivity index (χ1) is 12.5. The number of nitriles is 1. The number of aryl methyl sites for hydroxylation is 1. The summed E-state index contributed by atoms with van der Waals surface area (Å²) in [6, 6.07) is 16.7. The Morgan fingerprint density at radius 3 is 2.27 bits per heavy atom. The van der Waals surface area contributed by atoms with Crippen LogP contribution in [0.3, 0.4) is 0 Å². The molecule has 0 aliphatic rings. The average Bonchev–Trinajstić information content (AvgIpc) is 2.93. The molecule has 0 N–H and O–H groups in total. The summed E-state index contributed by atoms with van der Waals surface area (Å²) in [5.41, 5.74) is 2.95. The number of amides is 1. The van der Waals surface area contributed by atoms with Crippen molar-refractivity contribution >= 4 is 16.9 Å². The van der Waals surface area contributed by atoms with E-state index >= 15 is 0 Å². The van der Waals surface area contributed by atoms with Gasteiger partial charge in [0.15, 0.2) is 0 Å². The summed E-state index contributed by atoms with van der Waals surface area (Å²) in [5, 5.41) is 8.85. The van der Waals surface area contributed by atoms with Crippen LogP contribution in [0.2, 0.25) is 0 Å². The zero-order valence-electron chi connectivity index (χ0n) is 14.8. The van der Waals surface area contributed by atoms with Crippen LogP contribution in [0.15, 0.2) is 53.3 Å². The largest absolute Gasteiger partial charge is 0.340 e. The van der Waals surface area contributed by atoms with Gasteiger partial charge in [-0.15, -0.1) is 0 Å². The fourth-order valence-electron chi connectivity index (χ4n) is 3.03. The molecule has 0 unspecified atom stereocenters. The van der Waals surface area contributed by atoms with E-state index < -0.39 is 0 Å². The van der Waals surface area contributed by atoms with Crippen molar-refractivity contribution in [1.82, 2.24) is 14.0 Å². The van der Waals surface area contributed by atoms with E-state index in [1.54, 1.807) is 28.6 Å². The van der Waals surface area contributed by atoms with Crippen molar-refractivity contribution in [3.8, 4) is 6.07 Å². The number of benzene rings is 2. The van der Waals surface area contributed by atoms with Crippen molar-refractivity contribution in [2.45, 2.75) is 26.6 Å². The van der Waals surface area contributed by atoms with Crippen LogP contribution in [0.1, 0.15) is 18.1 Å². The number of rotatable bonds is 5. The van der Waals surface area contributed by atoms with Crippen molar-refractivity contribution in [1.29, 1.82) is 5.26 Å². The number of imidazole rings is 1. The van der Waals surface area contributed by atoms with Crippen LogP contribution >= 0.6 is 0 Å². The van der Waals surface area contributed by atoms with Gasteiger partial charge >= 0.3 is 5.69 Å². The number of para-hydroxylation sites is 2. The zero-order chi connectivity index (χ0) is 18.7. The van der Waals surface area contributed by atoms with Gasteiger partial charge in [-0.25, -0.2) is 4.79 Å². The minimum absolute atomic E-state index is 0.000867. The Morgan fingerprint density at radius 1 is 1.08 bits per heavy atom. The molecule has 0 bridgehead atoms. The Balaban J connectivity index is 1.81. The highest BCUT2D eigenvalue weighted by atomic mass is 16.2. The molecular formula is C20H20N4O2. The standard InChI is InChI=1S/C20H20N4O2/c1-3-23-17-6-4-5-7-18(17)24(20(23)26)14-19(25)22(2)13-16-10-8-15(12-21)9-11-16/h4-11H,3,13-14H2,1-2H3. The fourth-order valence-corrected chi connectivity index (χ4v) is 3.03. The summed E-state index contributed by atoms with van der Waals surface area (Å²) < 4.78 is 3.19. The van der Waals surface area contributed by atoms with Gasteiger partial charge in [-0.1, -0.05) is 24.3 Å². The molecule has 1 heterocycles. The maximum Gasteiger partial charge on any atom is 0.329 e. The molecule has 0 spiro atoms. The van der Waals surface area contributed by atoms with E-state index in [1.807, 2.05) is 43.3 Å². The second-order valence-corrected chi connectivity index (χ2v) is 6.16. The topological polar surface area (TPSA) is 71.0 Å². The van der Waals surface area contributed by atoms with Crippen molar-refractivity contribution in [3.63, 3.8) is 0 Å². The third-order valence-electron chi connectivity index (χ3n) is 4.46. The summed E-state index contributed by atoms with van der Waals surface area (Å²) >= 11 is 0. The molecule has 0 aliphatic heterocycles. The normalized spacial score (nSPS) is 10.7. The molecule has 6 heteroatoms. The Hall–Kier alpha value is -3.33. The highest BCUT2D eigenvalue weighted by Crippen LogP contribution is 2.13. The summed E-state index contributed by atoms with van der Waals surface area (Å²) in [6.45, 7) is 2.89. The van der Waals surface area contributed by atoms with Crippen molar-refractivity contribution in [2.75, 3.05) is 7.05 Å². The van der Waals surface area contributed by atoms with Gasteiger partial charge in [0.25, 0.3) is 0 Å². The minimum atomic E-state index is -0.172. The predicted octanol–water partition coefficient (Wildman–Crippen LogP) is 2.35. The van der Waals surface area contributed by atoms with E-state index in [9.17, 15) is 9.59 Å². The van der Waals surface area contributed by atoms with E-state index in [4.69, 9.17) is 5.26 Å². The monoisotopic (exact) mass is 348 g/mol. The highest BCUT2D eigenvalue weighted by Gasteiger charge is 2.16. The number of aromatic nitrogens is 2. The van der Waals surface area contributed by atoms with Crippen LogP contribution in [0.4, 0.5) is 0 Å². The number of hydrogen-bond donors (Lipinski definition) is 0. The van der Waals surface area contributed by atoms with Crippen LogP contribution in [0.25, 0.3) is 11.0 Å². The van der Waals surface area contributed by atoms with Crippen LogP contribution < -0.4 is 5.69 Å². The third kappa shape index (κ3) is 3.24. The number of likely N-dealkylation sites (N-methyl/N-ethyl adjacent to an activating group) is 1. The lowest BCUT2D eigenvalue weighted by Crippen LogP contribution is -2.34. The summed E-state index contributed by atoms with van der Waals surface area (Å²) in [6.07, 6.45) is 0. The zero-order valence-corrected chi connectivity index (χ0v) is 14.8. The SMILES string of the molecule is CCn1c(=O)n(CC(=O)N(C)Cc2ccc(C#N)cc2)c2ccccc21. The van der Waals surface area contributed by atoms with E-state index in [2.05, 4.69) is 6.07 Å². The number of carbonyl (C=O) groups is 1.